The fourth-order valence-electron chi connectivity index (χ4n) is 2.31. The third-order valence-electron chi connectivity index (χ3n) is 3.43. The van der Waals surface area contributed by atoms with E-state index in [9.17, 15) is 9.50 Å². The highest BCUT2D eigenvalue weighted by Gasteiger charge is 2.16. The van der Waals surface area contributed by atoms with Gasteiger partial charge in [0.15, 0.2) is 0 Å². The smallest absolute Gasteiger partial charge is 0.131 e. The minimum absolute atomic E-state index is 0.325. The molecular formula is C17H19FO2. The van der Waals surface area contributed by atoms with Gasteiger partial charge in [0.1, 0.15) is 11.6 Å². The van der Waals surface area contributed by atoms with Crippen LogP contribution in [0.25, 0.3) is 0 Å². The molecule has 2 aromatic rings. The Kier molecular flexibility index (Phi) is 4.40. The van der Waals surface area contributed by atoms with Gasteiger partial charge in [-0.05, 0) is 31.0 Å². The van der Waals surface area contributed by atoms with Crippen LogP contribution in [-0.2, 0) is 6.42 Å². The first-order valence-corrected chi connectivity index (χ1v) is 6.59. The SMILES string of the molecule is COc1ccc(C)cc1CC(O)c1cccc(C)c1F. The number of benzene rings is 2. The summed E-state index contributed by atoms with van der Waals surface area (Å²) in [7, 11) is 1.59. The van der Waals surface area contributed by atoms with Gasteiger partial charge in [0.25, 0.3) is 0 Å². The van der Waals surface area contributed by atoms with E-state index in [-0.39, 0.29) is 5.82 Å². The summed E-state index contributed by atoms with van der Waals surface area (Å²) in [6.07, 6.45) is -0.559. The lowest BCUT2D eigenvalue weighted by Gasteiger charge is -2.16. The van der Waals surface area contributed by atoms with Crippen molar-refractivity contribution in [3.63, 3.8) is 0 Å². The second-order valence-corrected chi connectivity index (χ2v) is 5.01. The van der Waals surface area contributed by atoms with Gasteiger partial charge in [-0.15, -0.1) is 0 Å². The molecule has 20 heavy (non-hydrogen) atoms. The van der Waals surface area contributed by atoms with Gasteiger partial charge in [-0.2, -0.15) is 0 Å². The highest BCUT2D eigenvalue weighted by atomic mass is 19.1. The molecule has 106 valence electrons. The van der Waals surface area contributed by atoms with Crippen LogP contribution in [-0.4, -0.2) is 12.2 Å². The molecule has 3 heteroatoms. The largest absolute Gasteiger partial charge is 0.496 e. The van der Waals surface area contributed by atoms with Crippen LogP contribution in [0, 0.1) is 19.7 Å². The Balaban J connectivity index is 2.30. The minimum atomic E-state index is -0.884. The number of ether oxygens (including phenoxy) is 1. The van der Waals surface area contributed by atoms with Crippen LogP contribution >= 0.6 is 0 Å². The molecule has 0 aliphatic heterocycles. The van der Waals surface area contributed by atoms with Gasteiger partial charge < -0.3 is 9.84 Å². The molecule has 2 aromatic carbocycles. The molecule has 0 bridgehead atoms. The fraction of sp³-hybridized carbons (Fsp3) is 0.294. The van der Waals surface area contributed by atoms with E-state index in [0.717, 1.165) is 11.1 Å². The van der Waals surface area contributed by atoms with Gasteiger partial charge in [0.2, 0.25) is 0 Å². The number of aliphatic hydroxyl groups is 1. The minimum Gasteiger partial charge on any atom is -0.496 e. The summed E-state index contributed by atoms with van der Waals surface area (Å²) in [5.41, 5.74) is 2.82. The number of aliphatic hydroxyl groups excluding tert-OH is 1. The average molecular weight is 274 g/mol. The van der Waals surface area contributed by atoms with Crippen molar-refractivity contribution in [2.45, 2.75) is 26.4 Å². The summed E-state index contributed by atoms with van der Waals surface area (Å²) < 4.78 is 19.3. The number of hydrogen-bond donors (Lipinski definition) is 1. The standard InChI is InChI=1S/C17H19FO2/c1-11-7-8-16(20-3)13(9-11)10-15(19)14-6-4-5-12(2)17(14)18/h4-9,15,19H,10H2,1-3H3. The molecule has 0 heterocycles. The van der Waals surface area contributed by atoms with Crippen molar-refractivity contribution < 1.29 is 14.2 Å². The van der Waals surface area contributed by atoms with Gasteiger partial charge in [0.05, 0.1) is 13.2 Å². The number of rotatable bonds is 4. The third kappa shape index (κ3) is 2.99. The lowest BCUT2D eigenvalue weighted by molar-refractivity contribution is 0.172. The quantitative estimate of drug-likeness (QED) is 0.920. The molecule has 0 radical (unpaired) electrons. The van der Waals surface area contributed by atoms with E-state index in [2.05, 4.69) is 0 Å². The maximum atomic E-state index is 14.0. The Labute approximate surface area is 118 Å². The van der Waals surface area contributed by atoms with Crippen molar-refractivity contribution in [1.29, 1.82) is 0 Å². The molecule has 0 amide bonds. The van der Waals surface area contributed by atoms with Gasteiger partial charge in [-0.1, -0.05) is 35.9 Å². The molecule has 0 fully saturated rings. The molecule has 0 spiro atoms. The molecule has 0 aliphatic rings. The van der Waals surface area contributed by atoms with E-state index in [4.69, 9.17) is 4.74 Å². The van der Waals surface area contributed by atoms with E-state index in [1.807, 2.05) is 25.1 Å². The van der Waals surface area contributed by atoms with Gasteiger partial charge in [0, 0.05) is 12.0 Å². The summed E-state index contributed by atoms with van der Waals surface area (Å²) in [6, 6.07) is 10.8. The fourth-order valence-corrected chi connectivity index (χ4v) is 2.31. The molecular weight excluding hydrogens is 255 g/mol. The third-order valence-corrected chi connectivity index (χ3v) is 3.43. The summed E-state index contributed by atoms with van der Waals surface area (Å²) in [4.78, 5) is 0. The van der Waals surface area contributed by atoms with Crippen LogP contribution < -0.4 is 4.74 Å². The zero-order valence-corrected chi connectivity index (χ0v) is 12.0. The van der Waals surface area contributed by atoms with E-state index in [1.54, 1.807) is 32.2 Å². The predicted octanol–water partition coefficient (Wildman–Crippen LogP) is 3.73. The molecule has 1 atom stereocenters. The maximum Gasteiger partial charge on any atom is 0.131 e. The molecule has 0 saturated heterocycles. The summed E-state index contributed by atoms with van der Waals surface area (Å²) in [5, 5.41) is 10.3. The summed E-state index contributed by atoms with van der Waals surface area (Å²) >= 11 is 0. The Hall–Kier alpha value is -1.87. The van der Waals surface area contributed by atoms with E-state index >= 15 is 0 Å². The zero-order valence-electron chi connectivity index (χ0n) is 12.0. The Morgan fingerprint density at radius 3 is 2.65 bits per heavy atom. The normalized spacial score (nSPS) is 12.2. The van der Waals surface area contributed by atoms with Crippen LogP contribution in [0.3, 0.4) is 0 Å². The second kappa shape index (κ2) is 6.06. The molecule has 1 N–H and O–H groups in total. The van der Waals surface area contributed by atoms with Crippen LogP contribution in [0.4, 0.5) is 4.39 Å². The summed E-state index contributed by atoms with van der Waals surface area (Å²) in [5.74, 6) is 0.370. The van der Waals surface area contributed by atoms with Crippen LogP contribution in [0.5, 0.6) is 5.75 Å². The number of halogens is 1. The highest BCUT2D eigenvalue weighted by molar-refractivity contribution is 5.38. The first kappa shape index (κ1) is 14.5. The van der Waals surface area contributed by atoms with Crippen molar-refractivity contribution in [3.8, 4) is 5.75 Å². The molecule has 1 unspecified atom stereocenters. The predicted molar refractivity (Wildman–Crippen MR) is 77.5 cm³/mol. The van der Waals surface area contributed by atoms with E-state index in [0.29, 0.717) is 23.3 Å². The molecule has 2 rings (SSSR count). The first-order valence-electron chi connectivity index (χ1n) is 6.59. The Morgan fingerprint density at radius 2 is 1.95 bits per heavy atom. The number of methoxy groups -OCH3 is 1. The zero-order chi connectivity index (χ0) is 14.7. The molecule has 0 aromatic heterocycles. The van der Waals surface area contributed by atoms with Crippen molar-refractivity contribution in [3.05, 3.63) is 64.5 Å². The molecule has 0 saturated carbocycles. The van der Waals surface area contributed by atoms with Crippen LogP contribution in [0.1, 0.15) is 28.4 Å². The van der Waals surface area contributed by atoms with Crippen molar-refractivity contribution in [1.82, 2.24) is 0 Å². The van der Waals surface area contributed by atoms with Crippen molar-refractivity contribution in [2.75, 3.05) is 7.11 Å². The van der Waals surface area contributed by atoms with Crippen LogP contribution in [0.15, 0.2) is 36.4 Å². The average Bonchev–Trinajstić information content (AvgIpc) is 2.42. The maximum absolute atomic E-state index is 14.0. The van der Waals surface area contributed by atoms with Crippen molar-refractivity contribution >= 4 is 0 Å². The van der Waals surface area contributed by atoms with Crippen LogP contribution in [0.2, 0.25) is 0 Å². The van der Waals surface area contributed by atoms with Crippen molar-refractivity contribution in [2.24, 2.45) is 0 Å². The summed E-state index contributed by atoms with van der Waals surface area (Å²) in [6.45, 7) is 3.67. The Bertz CT molecular complexity index is 608. The van der Waals surface area contributed by atoms with Gasteiger partial charge in [-0.3, -0.25) is 0 Å². The van der Waals surface area contributed by atoms with Gasteiger partial charge >= 0.3 is 0 Å². The monoisotopic (exact) mass is 274 g/mol. The number of aryl methyl sites for hydroxylation is 2. The topological polar surface area (TPSA) is 29.5 Å². The number of hydrogen-bond acceptors (Lipinski definition) is 2. The first-order chi connectivity index (χ1) is 9.52. The Morgan fingerprint density at radius 1 is 1.20 bits per heavy atom. The molecule has 2 nitrogen and oxygen atoms in total. The second-order valence-electron chi connectivity index (χ2n) is 5.01. The highest BCUT2D eigenvalue weighted by Crippen LogP contribution is 2.28. The molecule has 0 aliphatic carbocycles. The van der Waals surface area contributed by atoms with E-state index < -0.39 is 6.10 Å². The van der Waals surface area contributed by atoms with E-state index in [1.165, 1.54) is 0 Å². The lowest BCUT2D eigenvalue weighted by atomic mass is 9.98. The lowest BCUT2D eigenvalue weighted by Crippen LogP contribution is -2.06. The van der Waals surface area contributed by atoms with Gasteiger partial charge in [-0.25, -0.2) is 4.39 Å².